The first-order valence-electron chi connectivity index (χ1n) is 9.59. The minimum atomic E-state index is 0.495. The van der Waals surface area contributed by atoms with Crippen molar-refractivity contribution in [2.75, 3.05) is 32.7 Å². The van der Waals surface area contributed by atoms with Crippen LogP contribution in [0.3, 0.4) is 0 Å². The number of piperidine rings is 1. The van der Waals surface area contributed by atoms with Crippen LogP contribution < -0.4 is 10.6 Å². The maximum absolute atomic E-state index is 5.58. The Hall–Kier alpha value is -2.34. The second-order valence-electron chi connectivity index (χ2n) is 6.53. The second-order valence-corrected chi connectivity index (χ2v) is 6.53. The average Bonchev–Trinajstić information content (AvgIpc) is 3.17. The van der Waals surface area contributed by atoms with Gasteiger partial charge in [0.2, 0.25) is 5.89 Å². The number of likely N-dealkylation sites (tertiary alicyclic amines) is 1. The van der Waals surface area contributed by atoms with Crippen LogP contribution in [-0.4, -0.2) is 48.6 Å². The zero-order valence-corrected chi connectivity index (χ0v) is 15.6. The third kappa shape index (κ3) is 5.59. The summed E-state index contributed by atoms with van der Waals surface area (Å²) in [5.74, 6) is 1.47. The summed E-state index contributed by atoms with van der Waals surface area (Å²) in [5, 5.41) is 6.71. The standard InChI is InChI=1S/C20H29N5O/c1-2-21-20(22-11-14-25-12-7-4-8-13-25)23-15-18-16-26-19(24-18)17-9-5-3-6-10-17/h3,5-6,9-10,16H,2,4,7-8,11-15H2,1H3,(H2,21,22,23). The maximum Gasteiger partial charge on any atom is 0.226 e. The van der Waals surface area contributed by atoms with E-state index < -0.39 is 0 Å². The lowest BCUT2D eigenvalue weighted by atomic mass is 10.1. The van der Waals surface area contributed by atoms with Crippen LogP contribution in [0.5, 0.6) is 0 Å². The van der Waals surface area contributed by atoms with Gasteiger partial charge in [-0.05, 0) is 45.0 Å². The first kappa shape index (κ1) is 18.5. The van der Waals surface area contributed by atoms with Crippen LogP contribution in [0.25, 0.3) is 11.5 Å². The number of nitrogens with one attached hydrogen (secondary N) is 2. The van der Waals surface area contributed by atoms with E-state index in [1.807, 2.05) is 30.3 Å². The number of aliphatic imine (C=N–C) groups is 1. The van der Waals surface area contributed by atoms with Crippen LogP contribution >= 0.6 is 0 Å². The number of guanidine groups is 1. The summed E-state index contributed by atoms with van der Waals surface area (Å²) in [4.78, 5) is 11.7. The molecule has 1 aliphatic rings. The first-order valence-corrected chi connectivity index (χ1v) is 9.59. The summed E-state index contributed by atoms with van der Waals surface area (Å²) in [6.07, 6.45) is 5.70. The van der Waals surface area contributed by atoms with Gasteiger partial charge in [-0.25, -0.2) is 9.98 Å². The van der Waals surface area contributed by atoms with Gasteiger partial charge in [-0.3, -0.25) is 0 Å². The van der Waals surface area contributed by atoms with Crippen LogP contribution in [0.4, 0.5) is 0 Å². The molecule has 0 radical (unpaired) electrons. The summed E-state index contributed by atoms with van der Waals surface area (Å²) in [5.41, 5.74) is 1.81. The molecule has 6 nitrogen and oxygen atoms in total. The van der Waals surface area contributed by atoms with E-state index in [1.54, 1.807) is 6.26 Å². The molecule has 0 saturated carbocycles. The van der Waals surface area contributed by atoms with Gasteiger partial charge in [-0.1, -0.05) is 24.6 Å². The van der Waals surface area contributed by atoms with E-state index in [0.717, 1.165) is 36.9 Å². The highest BCUT2D eigenvalue weighted by Gasteiger charge is 2.10. The molecule has 26 heavy (non-hydrogen) atoms. The summed E-state index contributed by atoms with van der Waals surface area (Å²) in [6.45, 7) is 7.81. The summed E-state index contributed by atoms with van der Waals surface area (Å²) < 4.78 is 5.58. The largest absolute Gasteiger partial charge is 0.444 e. The fourth-order valence-corrected chi connectivity index (χ4v) is 3.11. The number of hydrogen-bond donors (Lipinski definition) is 2. The van der Waals surface area contributed by atoms with Crippen molar-refractivity contribution in [1.82, 2.24) is 20.5 Å². The molecule has 3 rings (SSSR count). The number of benzene rings is 1. The van der Waals surface area contributed by atoms with Crippen molar-refractivity contribution in [3.8, 4) is 11.5 Å². The first-order chi connectivity index (χ1) is 12.8. The number of oxazole rings is 1. The van der Waals surface area contributed by atoms with Gasteiger partial charge in [0.25, 0.3) is 0 Å². The molecule has 140 valence electrons. The Kier molecular flexibility index (Phi) is 7.07. The number of rotatable bonds is 7. The van der Waals surface area contributed by atoms with Gasteiger partial charge in [0.05, 0.1) is 6.54 Å². The molecule has 2 N–H and O–H groups in total. The highest BCUT2D eigenvalue weighted by atomic mass is 16.3. The van der Waals surface area contributed by atoms with Crippen molar-refractivity contribution in [1.29, 1.82) is 0 Å². The normalized spacial score (nSPS) is 15.8. The molecule has 1 fully saturated rings. The smallest absolute Gasteiger partial charge is 0.226 e. The molecular formula is C20H29N5O. The van der Waals surface area contributed by atoms with Gasteiger partial charge in [0, 0.05) is 25.2 Å². The molecule has 0 atom stereocenters. The van der Waals surface area contributed by atoms with Gasteiger partial charge in [-0.2, -0.15) is 0 Å². The lowest BCUT2D eigenvalue weighted by molar-refractivity contribution is 0.232. The van der Waals surface area contributed by atoms with Gasteiger partial charge < -0.3 is 20.0 Å². The molecular weight excluding hydrogens is 326 g/mol. The molecule has 0 bridgehead atoms. The van der Waals surface area contributed by atoms with E-state index in [0.29, 0.717) is 12.4 Å². The van der Waals surface area contributed by atoms with Crippen molar-refractivity contribution in [3.63, 3.8) is 0 Å². The van der Waals surface area contributed by atoms with Crippen molar-refractivity contribution >= 4 is 5.96 Å². The van der Waals surface area contributed by atoms with E-state index in [1.165, 1.54) is 32.4 Å². The third-order valence-corrected chi connectivity index (χ3v) is 4.49. The molecule has 0 amide bonds. The topological polar surface area (TPSA) is 65.7 Å². The van der Waals surface area contributed by atoms with E-state index in [2.05, 4.69) is 32.4 Å². The van der Waals surface area contributed by atoms with Crippen molar-refractivity contribution in [3.05, 3.63) is 42.3 Å². The second kappa shape index (κ2) is 9.97. The fourth-order valence-electron chi connectivity index (χ4n) is 3.11. The van der Waals surface area contributed by atoms with E-state index in [4.69, 9.17) is 4.42 Å². The van der Waals surface area contributed by atoms with Gasteiger partial charge in [0.1, 0.15) is 12.0 Å². The Labute approximate surface area is 155 Å². The Morgan fingerprint density at radius 1 is 1.15 bits per heavy atom. The van der Waals surface area contributed by atoms with E-state index >= 15 is 0 Å². The Morgan fingerprint density at radius 2 is 1.96 bits per heavy atom. The number of aromatic nitrogens is 1. The zero-order valence-electron chi connectivity index (χ0n) is 15.6. The van der Waals surface area contributed by atoms with Crippen LogP contribution in [0.15, 0.2) is 46.0 Å². The maximum atomic E-state index is 5.58. The Bertz CT molecular complexity index is 677. The van der Waals surface area contributed by atoms with E-state index in [9.17, 15) is 0 Å². The minimum Gasteiger partial charge on any atom is -0.444 e. The minimum absolute atomic E-state index is 0.495. The quantitative estimate of drug-likeness (QED) is 0.591. The van der Waals surface area contributed by atoms with Crippen LogP contribution in [0, 0.1) is 0 Å². The summed E-state index contributed by atoms with van der Waals surface area (Å²) in [6, 6.07) is 9.92. The molecule has 0 aliphatic carbocycles. The van der Waals surface area contributed by atoms with Crippen LogP contribution in [-0.2, 0) is 6.54 Å². The molecule has 1 aliphatic heterocycles. The van der Waals surface area contributed by atoms with Crippen molar-refractivity contribution < 1.29 is 4.42 Å². The average molecular weight is 355 g/mol. The molecule has 2 aromatic rings. The van der Waals surface area contributed by atoms with Crippen molar-refractivity contribution in [2.45, 2.75) is 32.7 Å². The zero-order chi connectivity index (χ0) is 18.0. The van der Waals surface area contributed by atoms with Gasteiger partial charge >= 0.3 is 0 Å². The van der Waals surface area contributed by atoms with Crippen molar-refractivity contribution in [2.24, 2.45) is 4.99 Å². The Morgan fingerprint density at radius 3 is 2.73 bits per heavy atom. The molecule has 2 heterocycles. The monoisotopic (exact) mass is 355 g/mol. The van der Waals surface area contributed by atoms with Gasteiger partial charge in [-0.15, -0.1) is 0 Å². The molecule has 1 aromatic carbocycles. The highest BCUT2D eigenvalue weighted by molar-refractivity contribution is 5.79. The van der Waals surface area contributed by atoms with E-state index in [-0.39, 0.29) is 0 Å². The molecule has 1 saturated heterocycles. The molecule has 0 spiro atoms. The number of nitrogens with zero attached hydrogens (tertiary/aromatic N) is 3. The predicted molar refractivity (Wildman–Crippen MR) is 105 cm³/mol. The number of hydrogen-bond acceptors (Lipinski definition) is 4. The summed E-state index contributed by atoms with van der Waals surface area (Å²) in [7, 11) is 0. The Balaban J connectivity index is 1.51. The summed E-state index contributed by atoms with van der Waals surface area (Å²) >= 11 is 0. The SMILES string of the molecule is CCNC(=NCc1coc(-c2ccccc2)n1)NCCN1CCCCC1. The fraction of sp³-hybridized carbons (Fsp3) is 0.500. The van der Waals surface area contributed by atoms with Gasteiger partial charge in [0.15, 0.2) is 5.96 Å². The molecule has 6 heteroatoms. The van der Waals surface area contributed by atoms with Crippen LogP contribution in [0.1, 0.15) is 31.9 Å². The molecule has 1 aromatic heterocycles. The lowest BCUT2D eigenvalue weighted by Crippen LogP contribution is -2.42. The molecule has 0 unspecified atom stereocenters. The third-order valence-electron chi connectivity index (χ3n) is 4.49. The highest BCUT2D eigenvalue weighted by Crippen LogP contribution is 2.18. The van der Waals surface area contributed by atoms with Crippen LogP contribution in [0.2, 0.25) is 0 Å². The predicted octanol–water partition coefficient (Wildman–Crippen LogP) is 2.88. The lowest BCUT2D eigenvalue weighted by Gasteiger charge is -2.26.